The smallest absolute Gasteiger partial charge is 0.172 e. The number of aryl methyl sites for hydroxylation is 1. The van der Waals surface area contributed by atoms with E-state index in [1.54, 1.807) is 22.7 Å². The van der Waals surface area contributed by atoms with E-state index in [9.17, 15) is 4.79 Å². The fourth-order valence-electron chi connectivity index (χ4n) is 2.12. The lowest BCUT2D eigenvalue weighted by atomic mass is 10.1. The molecule has 0 unspecified atom stereocenters. The monoisotopic (exact) mass is 286 g/mol. The molecule has 0 radical (unpaired) electrons. The number of hydrogen-bond acceptors (Lipinski definition) is 3. The van der Waals surface area contributed by atoms with E-state index in [-0.39, 0.29) is 5.78 Å². The van der Waals surface area contributed by atoms with Gasteiger partial charge < -0.3 is 0 Å². The van der Waals surface area contributed by atoms with Gasteiger partial charge in [0.1, 0.15) is 0 Å². The van der Waals surface area contributed by atoms with E-state index in [2.05, 4.69) is 23.6 Å². The maximum atomic E-state index is 12.1. The molecule has 0 amide bonds. The lowest BCUT2D eigenvalue weighted by Crippen LogP contribution is -1.97. The van der Waals surface area contributed by atoms with Crippen molar-refractivity contribution in [2.24, 2.45) is 0 Å². The molecule has 2 heterocycles. The highest BCUT2D eigenvalue weighted by atomic mass is 32.1. The topological polar surface area (TPSA) is 17.1 Å². The molecule has 0 aliphatic heterocycles. The molecule has 0 N–H and O–H groups in total. The van der Waals surface area contributed by atoms with Crippen LogP contribution in [0.2, 0.25) is 0 Å². The molecule has 0 spiro atoms. The van der Waals surface area contributed by atoms with E-state index in [4.69, 9.17) is 0 Å². The van der Waals surface area contributed by atoms with Gasteiger partial charge in [0.15, 0.2) is 5.78 Å². The van der Waals surface area contributed by atoms with Crippen molar-refractivity contribution >= 4 is 37.9 Å². The highest BCUT2D eigenvalue weighted by molar-refractivity contribution is 7.27. The van der Waals surface area contributed by atoms with E-state index in [0.717, 1.165) is 17.7 Å². The van der Waals surface area contributed by atoms with Crippen LogP contribution in [-0.2, 0) is 6.42 Å². The van der Waals surface area contributed by atoms with E-state index >= 15 is 0 Å². The zero-order chi connectivity index (χ0) is 13.1. The summed E-state index contributed by atoms with van der Waals surface area (Å²) in [5.74, 6) is 0.282. The molecule has 0 saturated carbocycles. The average molecular weight is 286 g/mol. The summed E-state index contributed by atoms with van der Waals surface area (Å²) in [6.45, 7) is 0. The molecule has 3 rings (SSSR count). The highest BCUT2D eigenvalue weighted by Crippen LogP contribution is 2.30. The molecular weight excluding hydrogens is 272 g/mol. The summed E-state index contributed by atoms with van der Waals surface area (Å²) in [7, 11) is 0. The number of carbonyl (C=O) groups is 1. The first-order valence-electron chi connectivity index (χ1n) is 6.37. The molecule has 0 aliphatic carbocycles. The van der Waals surface area contributed by atoms with E-state index < -0.39 is 0 Å². The number of thiophene rings is 2. The van der Waals surface area contributed by atoms with Crippen molar-refractivity contribution in [3.05, 3.63) is 58.3 Å². The Morgan fingerprint density at radius 2 is 1.89 bits per heavy atom. The first-order chi connectivity index (χ1) is 9.33. The number of carbonyl (C=O) groups excluding carboxylic acids is 1. The van der Waals surface area contributed by atoms with Gasteiger partial charge in [-0.2, -0.15) is 0 Å². The van der Waals surface area contributed by atoms with Crippen molar-refractivity contribution in [1.82, 2.24) is 0 Å². The Bertz CT molecular complexity index is 650. The predicted molar refractivity (Wildman–Crippen MR) is 83.4 cm³/mol. The summed E-state index contributed by atoms with van der Waals surface area (Å²) < 4.78 is 2.47. The first-order valence-corrected chi connectivity index (χ1v) is 8.07. The fourth-order valence-corrected chi connectivity index (χ4v) is 4.20. The van der Waals surface area contributed by atoms with Crippen LogP contribution in [0.15, 0.2) is 47.8 Å². The normalized spacial score (nSPS) is 10.9. The van der Waals surface area contributed by atoms with E-state index in [1.807, 2.05) is 24.3 Å². The number of fused-ring (bicyclic) bond motifs is 1. The van der Waals surface area contributed by atoms with E-state index in [0.29, 0.717) is 6.42 Å². The van der Waals surface area contributed by atoms with Crippen molar-refractivity contribution in [2.45, 2.75) is 19.3 Å². The van der Waals surface area contributed by atoms with Gasteiger partial charge >= 0.3 is 0 Å². The van der Waals surface area contributed by atoms with Crippen molar-refractivity contribution < 1.29 is 4.79 Å². The Balaban J connectivity index is 1.58. The van der Waals surface area contributed by atoms with Gasteiger partial charge in [-0.05, 0) is 35.9 Å². The molecule has 19 heavy (non-hydrogen) atoms. The average Bonchev–Trinajstić information content (AvgIpc) is 3.00. The Hall–Kier alpha value is -1.45. The molecule has 3 heteroatoms. The van der Waals surface area contributed by atoms with Crippen molar-refractivity contribution in [3.63, 3.8) is 0 Å². The molecule has 0 aliphatic rings. The van der Waals surface area contributed by atoms with Gasteiger partial charge in [-0.25, -0.2) is 0 Å². The second kappa shape index (κ2) is 5.68. The Labute approximate surface area is 120 Å². The van der Waals surface area contributed by atoms with Crippen LogP contribution in [0.3, 0.4) is 0 Å². The third-order valence-electron chi connectivity index (χ3n) is 3.13. The quantitative estimate of drug-likeness (QED) is 0.591. The molecule has 0 saturated heterocycles. The lowest BCUT2D eigenvalue weighted by molar-refractivity contribution is 0.0984. The van der Waals surface area contributed by atoms with Gasteiger partial charge in [0.25, 0.3) is 0 Å². The van der Waals surface area contributed by atoms with Crippen LogP contribution in [0.1, 0.15) is 28.1 Å². The number of ketones is 1. The molecule has 1 aromatic carbocycles. The summed E-state index contributed by atoms with van der Waals surface area (Å²) in [6, 6.07) is 14.5. The fraction of sp³-hybridized carbons (Fsp3) is 0.188. The van der Waals surface area contributed by atoms with Crippen molar-refractivity contribution in [2.75, 3.05) is 0 Å². The van der Waals surface area contributed by atoms with Gasteiger partial charge in [0, 0.05) is 15.8 Å². The molecule has 3 aromatic rings. The molecule has 96 valence electrons. The lowest BCUT2D eigenvalue weighted by Gasteiger charge is -2.00. The number of Topliss-reactive ketones (excluding diaryl/α,β-unsaturated/α-hetero) is 1. The zero-order valence-electron chi connectivity index (χ0n) is 10.5. The first kappa shape index (κ1) is 12.6. The number of benzene rings is 1. The SMILES string of the molecule is O=C(CCCc1ccccc1)c1cc2sccc2s1. The predicted octanol–water partition coefficient (Wildman–Crippen LogP) is 5.17. The molecular formula is C16H14OS2. The molecule has 2 aromatic heterocycles. The minimum Gasteiger partial charge on any atom is -0.293 e. The zero-order valence-corrected chi connectivity index (χ0v) is 12.1. The largest absolute Gasteiger partial charge is 0.293 e. The third-order valence-corrected chi connectivity index (χ3v) is 5.26. The summed E-state index contributed by atoms with van der Waals surface area (Å²) >= 11 is 3.32. The van der Waals surface area contributed by atoms with Crippen LogP contribution in [0.4, 0.5) is 0 Å². The molecule has 0 fully saturated rings. The summed E-state index contributed by atoms with van der Waals surface area (Å²) in [6.07, 6.45) is 2.55. The Morgan fingerprint density at radius 3 is 2.68 bits per heavy atom. The van der Waals surface area contributed by atoms with Crippen LogP contribution in [0.25, 0.3) is 9.40 Å². The minimum absolute atomic E-state index is 0.282. The summed E-state index contributed by atoms with van der Waals surface area (Å²) in [4.78, 5) is 13.0. The van der Waals surface area contributed by atoms with Gasteiger partial charge in [0.2, 0.25) is 0 Å². The van der Waals surface area contributed by atoms with Gasteiger partial charge in [0.05, 0.1) is 4.88 Å². The maximum Gasteiger partial charge on any atom is 0.172 e. The van der Waals surface area contributed by atoms with Gasteiger partial charge in [-0.1, -0.05) is 30.3 Å². The maximum absolute atomic E-state index is 12.1. The minimum atomic E-state index is 0.282. The van der Waals surface area contributed by atoms with Gasteiger partial charge in [-0.15, -0.1) is 22.7 Å². The molecule has 0 atom stereocenters. The Morgan fingerprint density at radius 1 is 1.05 bits per heavy atom. The molecule has 0 bridgehead atoms. The molecule has 1 nitrogen and oxygen atoms in total. The van der Waals surface area contributed by atoms with Crippen LogP contribution in [0, 0.1) is 0 Å². The van der Waals surface area contributed by atoms with Crippen LogP contribution >= 0.6 is 22.7 Å². The van der Waals surface area contributed by atoms with Gasteiger partial charge in [-0.3, -0.25) is 4.79 Å². The summed E-state index contributed by atoms with van der Waals surface area (Å²) in [5, 5.41) is 2.07. The standard InChI is InChI=1S/C16H14OS2/c17-13(8-4-7-12-5-2-1-3-6-12)15-11-16-14(19-15)9-10-18-16/h1-3,5-6,9-11H,4,7-8H2. The highest BCUT2D eigenvalue weighted by Gasteiger charge is 2.10. The number of rotatable bonds is 5. The van der Waals surface area contributed by atoms with E-state index in [1.165, 1.54) is 15.0 Å². The van der Waals surface area contributed by atoms with Crippen molar-refractivity contribution in [1.29, 1.82) is 0 Å². The van der Waals surface area contributed by atoms with Crippen LogP contribution in [-0.4, -0.2) is 5.78 Å². The summed E-state index contributed by atoms with van der Waals surface area (Å²) in [5.41, 5.74) is 1.31. The Kier molecular flexibility index (Phi) is 3.76. The van der Waals surface area contributed by atoms with Crippen LogP contribution in [0.5, 0.6) is 0 Å². The third kappa shape index (κ3) is 2.94. The van der Waals surface area contributed by atoms with Crippen LogP contribution < -0.4 is 0 Å². The second-order valence-electron chi connectivity index (χ2n) is 4.52. The second-order valence-corrected chi connectivity index (χ2v) is 6.55. The van der Waals surface area contributed by atoms with Crippen molar-refractivity contribution in [3.8, 4) is 0 Å². The number of hydrogen-bond donors (Lipinski definition) is 0.